The zero-order chi connectivity index (χ0) is 17.7. The molecule has 1 fully saturated rings. The van der Waals surface area contributed by atoms with E-state index in [1.807, 2.05) is 17.6 Å². The smallest absolute Gasteiger partial charge is 0.203 e. The van der Waals surface area contributed by atoms with Crippen molar-refractivity contribution in [3.63, 3.8) is 0 Å². The lowest BCUT2D eigenvalue weighted by atomic mass is 10.1. The van der Waals surface area contributed by atoms with Crippen LogP contribution >= 0.6 is 0 Å². The highest BCUT2D eigenvalue weighted by molar-refractivity contribution is 5.83. The number of anilines is 2. The maximum absolute atomic E-state index is 4.53. The van der Waals surface area contributed by atoms with E-state index in [1.54, 1.807) is 18.9 Å². The number of hydrogen-bond donors (Lipinski definition) is 1. The Labute approximate surface area is 148 Å². The molecule has 26 heavy (non-hydrogen) atoms. The molecule has 1 saturated heterocycles. The molecular formula is C16H18N10. The Balaban J connectivity index is 1.39. The van der Waals surface area contributed by atoms with Crippen LogP contribution in [0.15, 0.2) is 25.0 Å². The number of fused-ring (bicyclic) bond motifs is 2. The van der Waals surface area contributed by atoms with E-state index in [-0.39, 0.29) is 0 Å². The van der Waals surface area contributed by atoms with Gasteiger partial charge in [0.05, 0.1) is 12.4 Å². The highest BCUT2D eigenvalue weighted by Gasteiger charge is 2.34. The Morgan fingerprint density at radius 1 is 1.19 bits per heavy atom. The fourth-order valence-corrected chi connectivity index (χ4v) is 3.39. The molecule has 0 atom stereocenters. The molecular weight excluding hydrogens is 332 g/mol. The number of nitrogens with zero attached hydrogens (tertiary/aromatic N) is 9. The minimum Gasteiger partial charge on any atom is -0.351 e. The molecule has 132 valence electrons. The second-order valence-corrected chi connectivity index (χ2v) is 6.38. The average Bonchev–Trinajstić information content (AvgIpc) is 3.26. The Kier molecular flexibility index (Phi) is 3.24. The first-order chi connectivity index (χ1) is 12.8. The molecule has 1 aliphatic rings. The van der Waals surface area contributed by atoms with E-state index in [0.717, 1.165) is 48.1 Å². The number of H-pyrrole nitrogens is 1. The molecule has 1 N–H and O–H groups in total. The molecule has 0 aliphatic carbocycles. The van der Waals surface area contributed by atoms with Gasteiger partial charge in [0.15, 0.2) is 17.3 Å². The molecule has 0 radical (unpaired) electrons. The molecule has 5 rings (SSSR count). The summed E-state index contributed by atoms with van der Waals surface area (Å²) in [4.78, 5) is 24.8. The molecule has 0 amide bonds. The van der Waals surface area contributed by atoms with Crippen molar-refractivity contribution in [3.05, 3.63) is 30.9 Å². The van der Waals surface area contributed by atoms with Crippen LogP contribution in [0.1, 0.15) is 12.7 Å². The second kappa shape index (κ2) is 5.61. The van der Waals surface area contributed by atoms with Crippen LogP contribution in [-0.4, -0.2) is 65.7 Å². The normalized spacial score (nSPS) is 14.9. The van der Waals surface area contributed by atoms with Crippen LogP contribution in [0.5, 0.6) is 0 Å². The van der Waals surface area contributed by atoms with Gasteiger partial charge in [0, 0.05) is 39.0 Å². The van der Waals surface area contributed by atoms with Crippen molar-refractivity contribution in [2.24, 2.45) is 0 Å². The lowest BCUT2D eigenvalue weighted by molar-refractivity contribution is 0.490. The van der Waals surface area contributed by atoms with E-state index in [1.165, 1.54) is 0 Å². The maximum atomic E-state index is 4.53. The summed E-state index contributed by atoms with van der Waals surface area (Å²) >= 11 is 0. The SMILES string of the molecule is CCc1nnc2c(N3CC(N(C)c4ncnc5nc[nH]c45)C3)nccn12. The molecule has 0 spiro atoms. The third-order valence-corrected chi connectivity index (χ3v) is 4.94. The Morgan fingerprint density at radius 2 is 2.08 bits per heavy atom. The molecule has 0 unspecified atom stereocenters. The summed E-state index contributed by atoms with van der Waals surface area (Å²) in [5.74, 6) is 2.68. The van der Waals surface area contributed by atoms with Crippen molar-refractivity contribution in [3.8, 4) is 0 Å². The van der Waals surface area contributed by atoms with Crippen molar-refractivity contribution in [2.45, 2.75) is 19.4 Å². The van der Waals surface area contributed by atoms with Gasteiger partial charge in [0.1, 0.15) is 17.7 Å². The molecule has 4 aromatic heterocycles. The van der Waals surface area contributed by atoms with Crippen LogP contribution in [-0.2, 0) is 6.42 Å². The lowest BCUT2D eigenvalue weighted by Crippen LogP contribution is -2.59. The third-order valence-electron chi connectivity index (χ3n) is 4.94. The van der Waals surface area contributed by atoms with Crippen LogP contribution in [0.4, 0.5) is 11.6 Å². The second-order valence-electron chi connectivity index (χ2n) is 6.38. The van der Waals surface area contributed by atoms with Crippen LogP contribution < -0.4 is 9.80 Å². The van der Waals surface area contributed by atoms with E-state index < -0.39 is 0 Å². The quantitative estimate of drug-likeness (QED) is 0.573. The van der Waals surface area contributed by atoms with Gasteiger partial charge in [-0.2, -0.15) is 0 Å². The van der Waals surface area contributed by atoms with Crippen molar-refractivity contribution >= 4 is 28.4 Å². The summed E-state index contributed by atoms with van der Waals surface area (Å²) in [5, 5.41) is 8.57. The number of hydrogen-bond acceptors (Lipinski definition) is 8. The molecule has 0 aromatic carbocycles. The van der Waals surface area contributed by atoms with Crippen molar-refractivity contribution in [1.82, 2.24) is 39.5 Å². The van der Waals surface area contributed by atoms with Gasteiger partial charge in [-0.05, 0) is 0 Å². The summed E-state index contributed by atoms with van der Waals surface area (Å²) in [5.41, 5.74) is 2.35. The molecule has 1 aliphatic heterocycles. The first-order valence-electron chi connectivity index (χ1n) is 8.56. The van der Waals surface area contributed by atoms with Gasteiger partial charge in [-0.3, -0.25) is 4.40 Å². The minimum absolute atomic E-state index is 0.326. The Bertz CT molecular complexity index is 1080. The fraction of sp³-hybridized carbons (Fsp3) is 0.375. The van der Waals surface area contributed by atoms with E-state index >= 15 is 0 Å². The molecule has 5 heterocycles. The van der Waals surface area contributed by atoms with Gasteiger partial charge < -0.3 is 14.8 Å². The zero-order valence-electron chi connectivity index (χ0n) is 14.5. The van der Waals surface area contributed by atoms with E-state index in [0.29, 0.717) is 11.7 Å². The van der Waals surface area contributed by atoms with Crippen molar-refractivity contribution < 1.29 is 0 Å². The van der Waals surface area contributed by atoms with Crippen LogP contribution in [0.2, 0.25) is 0 Å². The summed E-state index contributed by atoms with van der Waals surface area (Å²) < 4.78 is 2.01. The van der Waals surface area contributed by atoms with E-state index in [2.05, 4.69) is 51.8 Å². The van der Waals surface area contributed by atoms with E-state index in [9.17, 15) is 0 Å². The van der Waals surface area contributed by atoms with Gasteiger partial charge in [0.25, 0.3) is 0 Å². The number of nitrogens with one attached hydrogen (secondary N) is 1. The van der Waals surface area contributed by atoms with Crippen molar-refractivity contribution in [1.29, 1.82) is 0 Å². The number of aromatic nitrogens is 8. The summed E-state index contributed by atoms with van der Waals surface area (Å²) in [7, 11) is 2.05. The Hall–Kier alpha value is -3.30. The highest BCUT2D eigenvalue weighted by Crippen LogP contribution is 2.28. The van der Waals surface area contributed by atoms with Gasteiger partial charge >= 0.3 is 0 Å². The zero-order valence-corrected chi connectivity index (χ0v) is 14.5. The van der Waals surface area contributed by atoms with Gasteiger partial charge in [0.2, 0.25) is 5.65 Å². The number of rotatable bonds is 4. The van der Waals surface area contributed by atoms with Gasteiger partial charge in [-0.15, -0.1) is 10.2 Å². The fourth-order valence-electron chi connectivity index (χ4n) is 3.39. The number of likely N-dealkylation sites (N-methyl/N-ethyl adjacent to an activating group) is 1. The number of aromatic amines is 1. The topological polar surface area (TPSA) is 104 Å². The predicted molar refractivity (Wildman–Crippen MR) is 96.2 cm³/mol. The third kappa shape index (κ3) is 2.11. The largest absolute Gasteiger partial charge is 0.351 e. The molecule has 4 aromatic rings. The predicted octanol–water partition coefficient (Wildman–Crippen LogP) is 0.678. The average molecular weight is 350 g/mol. The molecule has 0 bridgehead atoms. The standard InChI is InChI=1S/C16H18N10/c1-3-11-22-23-16-15(17-4-5-26(11)16)25-6-10(7-25)24(2)14-12-13(19-8-18-12)20-9-21-14/h4-5,8-10H,3,6-7H2,1-2H3,(H,18,19,20,21). The first-order valence-corrected chi connectivity index (χ1v) is 8.56. The van der Waals surface area contributed by atoms with Crippen LogP contribution in [0, 0.1) is 0 Å². The Morgan fingerprint density at radius 3 is 2.92 bits per heavy atom. The van der Waals surface area contributed by atoms with Crippen LogP contribution in [0.25, 0.3) is 16.8 Å². The monoisotopic (exact) mass is 350 g/mol. The van der Waals surface area contributed by atoms with Gasteiger partial charge in [-0.1, -0.05) is 6.92 Å². The van der Waals surface area contributed by atoms with Crippen LogP contribution in [0.3, 0.4) is 0 Å². The van der Waals surface area contributed by atoms with Crippen molar-refractivity contribution in [2.75, 3.05) is 29.9 Å². The molecule has 0 saturated carbocycles. The summed E-state index contributed by atoms with van der Waals surface area (Å²) in [6.07, 6.45) is 7.75. The van der Waals surface area contributed by atoms with E-state index in [4.69, 9.17) is 0 Å². The summed E-state index contributed by atoms with van der Waals surface area (Å²) in [6.45, 7) is 3.76. The maximum Gasteiger partial charge on any atom is 0.203 e. The van der Waals surface area contributed by atoms with Gasteiger partial charge in [-0.25, -0.2) is 19.9 Å². The minimum atomic E-state index is 0.326. The lowest BCUT2D eigenvalue weighted by Gasteiger charge is -2.44. The summed E-state index contributed by atoms with van der Waals surface area (Å²) in [6, 6.07) is 0.326. The number of aryl methyl sites for hydroxylation is 1. The number of imidazole rings is 1. The highest BCUT2D eigenvalue weighted by atomic mass is 15.4. The first kappa shape index (κ1) is 15.0. The molecule has 10 heteroatoms. The molecule has 10 nitrogen and oxygen atoms in total.